The van der Waals surface area contributed by atoms with Gasteiger partial charge in [0.1, 0.15) is 5.82 Å². The van der Waals surface area contributed by atoms with Gasteiger partial charge in [0.25, 0.3) is 5.91 Å². The quantitative estimate of drug-likeness (QED) is 0.702. The summed E-state index contributed by atoms with van der Waals surface area (Å²) in [6.07, 6.45) is 6.98. The van der Waals surface area contributed by atoms with Gasteiger partial charge in [-0.1, -0.05) is 18.2 Å². The number of hydrogen-bond acceptors (Lipinski definition) is 6. The molecule has 2 aromatic rings. The van der Waals surface area contributed by atoms with E-state index in [0.29, 0.717) is 30.4 Å². The number of methoxy groups -OCH3 is 1. The van der Waals surface area contributed by atoms with Gasteiger partial charge in [-0.05, 0) is 49.8 Å². The van der Waals surface area contributed by atoms with Crippen LogP contribution >= 0.6 is 0 Å². The number of hydrogen-bond donors (Lipinski definition) is 2. The third kappa shape index (κ3) is 4.74. The van der Waals surface area contributed by atoms with Crippen molar-refractivity contribution in [1.82, 2.24) is 15.3 Å². The van der Waals surface area contributed by atoms with Gasteiger partial charge in [-0.2, -0.15) is 4.98 Å². The molecule has 0 saturated heterocycles. The van der Waals surface area contributed by atoms with Gasteiger partial charge in [0.15, 0.2) is 0 Å². The highest BCUT2D eigenvalue weighted by Crippen LogP contribution is 2.25. The molecule has 154 valence electrons. The van der Waals surface area contributed by atoms with E-state index in [4.69, 9.17) is 4.74 Å². The van der Waals surface area contributed by atoms with E-state index in [1.54, 1.807) is 18.2 Å². The van der Waals surface area contributed by atoms with Crippen molar-refractivity contribution in [3.8, 4) is 0 Å². The topological polar surface area (TPSA) is 79.4 Å². The van der Waals surface area contributed by atoms with Crippen molar-refractivity contribution in [1.29, 1.82) is 0 Å². The predicted octanol–water partition coefficient (Wildman–Crippen LogP) is 2.64. The standard InChI is InChI=1S/C22H29N5O2/c1-29-15-13-23-17-6-8-18(9-7-17)25-22-24-12-10-20(26-22)27-14-11-16-4-2-3-5-19(16)21(27)28/h2-5,10,12,17-18,23H,6-9,11,13-15H2,1H3,(H,24,25,26). The van der Waals surface area contributed by atoms with Gasteiger partial charge in [-0.25, -0.2) is 4.98 Å². The number of fused-ring (bicyclic) bond motifs is 1. The summed E-state index contributed by atoms with van der Waals surface area (Å²) in [5.41, 5.74) is 1.88. The number of ether oxygens (including phenoxy) is 1. The molecule has 1 saturated carbocycles. The number of amides is 1. The molecule has 0 unspecified atom stereocenters. The first-order chi connectivity index (χ1) is 14.2. The summed E-state index contributed by atoms with van der Waals surface area (Å²) in [5, 5.41) is 7.01. The molecule has 2 heterocycles. The predicted molar refractivity (Wildman–Crippen MR) is 113 cm³/mol. The van der Waals surface area contributed by atoms with Crippen molar-refractivity contribution in [2.75, 3.05) is 37.0 Å². The Morgan fingerprint density at radius 1 is 1.14 bits per heavy atom. The SMILES string of the molecule is COCCNC1CCC(Nc2nccc(N3CCc4ccccc4C3=O)n2)CC1. The summed E-state index contributed by atoms with van der Waals surface area (Å²) in [6.45, 7) is 2.29. The van der Waals surface area contributed by atoms with E-state index in [0.717, 1.165) is 56.4 Å². The number of aromatic nitrogens is 2. The molecule has 1 fully saturated rings. The molecule has 1 aliphatic carbocycles. The minimum Gasteiger partial charge on any atom is -0.383 e. The van der Waals surface area contributed by atoms with Crippen molar-refractivity contribution in [3.63, 3.8) is 0 Å². The average Bonchev–Trinajstić information content (AvgIpc) is 2.76. The normalized spacial score (nSPS) is 21.7. The van der Waals surface area contributed by atoms with Gasteiger partial charge in [0.05, 0.1) is 6.61 Å². The number of carbonyl (C=O) groups is 1. The highest BCUT2D eigenvalue weighted by molar-refractivity contribution is 6.07. The van der Waals surface area contributed by atoms with Crippen LogP contribution in [0.15, 0.2) is 36.5 Å². The number of nitrogens with one attached hydrogen (secondary N) is 2. The summed E-state index contributed by atoms with van der Waals surface area (Å²) in [5.74, 6) is 1.28. The molecule has 0 bridgehead atoms. The zero-order valence-corrected chi connectivity index (χ0v) is 16.9. The van der Waals surface area contributed by atoms with Crippen molar-refractivity contribution in [2.24, 2.45) is 0 Å². The molecule has 0 radical (unpaired) electrons. The van der Waals surface area contributed by atoms with E-state index in [1.807, 2.05) is 30.3 Å². The molecule has 1 aromatic heterocycles. The van der Waals surface area contributed by atoms with E-state index in [1.165, 1.54) is 0 Å². The van der Waals surface area contributed by atoms with Crippen LogP contribution in [0.2, 0.25) is 0 Å². The Kier molecular flexibility index (Phi) is 6.36. The maximum atomic E-state index is 12.9. The summed E-state index contributed by atoms with van der Waals surface area (Å²) in [4.78, 5) is 23.7. The van der Waals surface area contributed by atoms with E-state index in [2.05, 4.69) is 20.6 Å². The van der Waals surface area contributed by atoms with Crippen molar-refractivity contribution in [3.05, 3.63) is 47.7 Å². The third-order valence-electron chi connectivity index (χ3n) is 5.81. The first-order valence-electron chi connectivity index (χ1n) is 10.5. The lowest BCUT2D eigenvalue weighted by Crippen LogP contribution is -2.39. The largest absolute Gasteiger partial charge is 0.383 e. The fourth-order valence-corrected chi connectivity index (χ4v) is 4.20. The first-order valence-corrected chi connectivity index (χ1v) is 10.5. The summed E-state index contributed by atoms with van der Waals surface area (Å²) in [7, 11) is 1.73. The van der Waals surface area contributed by atoms with E-state index >= 15 is 0 Å². The van der Waals surface area contributed by atoms with Crippen LogP contribution in [0.1, 0.15) is 41.6 Å². The second kappa shape index (κ2) is 9.33. The van der Waals surface area contributed by atoms with Gasteiger partial charge in [-0.3, -0.25) is 9.69 Å². The highest BCUT2D eigenvalue weighted by Gasteiger charge is 2.26. The molecule has 1 aromatic carbocycles. The smallest absolute Gasteiger partial charge is 0.259 e. The lowest BCUT2D eigenvalue weighted by molar-refractivity contribution is 0.0980. The van der Waals surface area contributed by atoms with Crippen LogP contribution in [-0.2, 0) is 11.2 Å². The number of nitrogens with zero attached hydrogens (tertiary/aromatic N) is 3. The Morgan fingerprint density at radius 2 is 1.93 bits per heavy atom. The number of carbonyl (C=O) groups excluding carboxylic acids is 1. The molecule has 2 N–H and O–H groups in total. The molecule has 1 amide bonds. The van der Waals surface area contributed by atoms with E-state index in [9.17, 15) is 4.79 Å². The second-order valence-electron chi connectivity index (χ2n) is 7.74. The van der Waals surface area contributed by atoms with Crippen molar-refractivity contribution < 1.29 is 9.53 Å². The molecule has 29 heavy (non-hydrogen) atoms. The fraction of sp³-hybridized carbons (Fsp3) is 0.500. The fourth-order valence-electron chi connectivity index (χ4n) is 4.20. The van der Waals surface area contributed by atoms with Gasteiger partial charge in [0.2, 0.25) is 5.95 Å². The van der Waals surface area contributed by atoms with E-state index < -0.39 is 0 Å². The molecular formula is C22H29N5O2. The summed E-state index contributed by atoms with van der Waals surface area (Å²) >= 11 is 0. The van der Waals surface area contributed by atoms with Crippen LogP contribution in [0, 0.1) is 0 Å². The second-order valence-corrected chi connectivity index (χ2v) is 7.74. The number of benzene rings is 1. The van der Waals surface area contributed by atoms with Crippen LogP contribution in [-0.4, -0.2) is 54.8 Å². The van der Waals surface area contributed by atoms with Crippen LogP contribution in [0.4, 0.5) is 11.8 Å². The Bertz CT molecular complexity index is 835. The number of anilines is 2. The average molecular weight is 396 g/mol. The maximum absolute atomic E-state index is 12.9. The molecule has 0 atom stereocenters. The zero-order valence-electron chi connectivity index (χ0n) is 16.9. The lowest BCUT2D eigenvalue weighted by Gasteiger charge is -2.30. The minimum absolute atomic E-state index is 0.0131. The third-order valence-corrected chi connectivity index (χ3v) is 5.81. The van der Waals surface area contributed by atoms with Crippen molar-refractivity contribution in [2.45, 2.75) is 44.2 Å². The number of rotatable bonds is 7. The zero-order chi connectivity index (χ0) is 20.1. The molecule has 7 heteroatoms. The molecule has 2 aliphatic rings. The minimum atomic E-state index is 0.0131. The van der Waals surface area contributed by atoms with Crippen molar-refractivity contribution >= 4 is 17.7 Å². The van der Waals surface area contributed by atoms with E-state index in [-0.39, 0.29) is 5.91 Å². The van der Waals surface area contributed by atoms with Crippen LogP contribution in [0.25, 0.3) is 0 Å². The van der Waals surface area contributed by atoms with Gasteiger partial charge < -0.3 is 15.4 Å². The van der Waals surface area contributed by atoms with Gasteiger partial charge in [-0.15, -0.1) is 0 Å². The van der Waals surface area contributed by atoms with Crippen LogP contribution < -0.4 is 15.5 Å². The Balaban J connectivity index is 1.36. The molecule has 1 aliphatic heterocycles. The summed E-state index contributed by atoms with van der Waals surface area (Å²) in [6, 6.07) is 10.5. The molecule has 7 nitrogen and oxygen atoms in total. The monoisotopic (exact) mass is 395 g/mol. The summed E-state index contributed by atoms with van der Waals surface area (Å²) < 4.78 is 5.10. The Labute approximate surface area is 171 Å². The molecule has 4 rings (SSSR count). The molecular weight excluding hydrogens is 366 g/mol. The van der Waals surface area contributed by atoms with Gasteiger partial charge >= 0.3 is 0 Å². The highest BCUT2D eigenvalue weighted by atomic mass is 16.5. The first kappa shape index (κ1) is 19.8. The molecule has 0 spiro atoms. The Morgan fingerprint density at radius 3 is 2.76 bits per heavy atom. The van der Waals surface area contributed by atoms with Gasteiger partial charge in [0, 0.05) is 44.0 Å². The Hall–Kier alpha value is -2.51. The maximum Gasteiger partial charge on any atom is 0.259 e. The lowest BCUT2D eigenvalue weighted by atomic mass is 9.91. The van der Waals surface area contributed by atoms with Crippen LogP contribution in [0.3, 0.4) is 0 Å². The van der Waals surface area contributed by atoms with Crippen LogP contribution in [0.5, 0.6) is 0 Å².